The van der Waals surface area contributed by atoms with Crippen molar-refractivity contribution in [1.29, 1.82) is 0 Å². The lowest BCUT2D eigenvalue weighted by Gasteiger charge is -2.32. The van der Waals surface area contributed by atoms with Gasteiger partial charge >= 0.3 is 5.69 Å². The summed E-state index contributed by atoms with van der Waals surface area (Å²) in [5, 5.41) is 15.4. The summed E-state index contributed by atoms with van der Waals surface area (Å²) in [6.45, 7) is 5.02. The van der Waals surface area contributed by atoms with E-state index < -0.39 is 23.9 Å². The number of ketones is 1. The van der Waals surface area contributed by atoms with Gasteiger partial charge in [-0.2, -0.15) is 4.98 Å². The average molecular weight is 414 g/mol. The minimum atomic E-state index is -0.546. The molecule has 2 aromatic rings. The number of aliphatic hydroxyl groups is 1. The molecule has 9 heteroatoms. The van der Waals surface area contributed by atoms with Gasteiger partial charge in [0, 0.05) is 17.4 Å². The van der Waals surface area contributed by atoms with Crippen molar-refractivity contribution in [1.82, 2.24) is 9.55 Å². The van der Waals surface area contributed by atoms with Crippen LogP contribution in [0.4, 0.5) is 11.5 Å². The number of nitrogens with zero attached hydrogens (tertiary/aromatic N) is 2. The molecule has 0 saturated carbocycles. The fourth-order valence-electron chi connectivity index (χ4n) is 3.12. The first-order chi connectivity index (χ1) is 14.2. The molecule has 2 heterocycles. The van der Waals surface area contributed by atoms with E-state index in [1.54, 1.807) is 38.1 Å². The Balaban J connectivity index is 1.65. The molecule has 3 rings (SSSR count). The van der Waals surface area contributed by atoms with Crippen molar-refractivity contribution in [3.63, 3.8) is 0 Å². The van der Waals surface area contributed by atoms with Gasteiger partial charge in [0.2, 0.25) is 0 Å². The maximum absolute atomic E-state index is 12.4. The number of Topliss-reactive ketones (excluding diaryl/α,β-unsaturated/α-hetero) is 1. The van der Waals surface area contributed by atoms with Crippen molar-refractivity contribution < 1.29 is 19.4 Å². The van der Waals surface area contributed by atoms with Crippen LogP contribution < -0.4 is 16.3 Å². The molecule has 1 fully saturated rings. The van der Waals surface area contributed by atoms with Crippen molar-refractivity contribution in [3.8, 4) is 0 Å². The van der Waals surface area contributed by atoms with Crippen LogP contribution in [0.3, 0.4) is 0 Å². The molecular weight excluding hydrogens is 388 g/mol. The summed E-state index contributed by atoms with van der Waals surface area (Å²) in [6.07, 6.45) is 1.15. The van der Waals surface area contributed by atoms with Gasteiger partial charge in [-0.1, -0.05) is 0 Å². The normalized spacial score (nSPS) is 22.2. The minimum absolute atomic E-state index is 0.0156. The van der Waals surface area contributed by atoms with Gasteiger partial charge in [0.15, 0.2) is 5.78 Å². The van der Waals surface area contributed by atoms with Gasteiger partial charge in [0.05, 0.1) is 18.2 Å². The van der Waals surface area contributed by atoms with Crippen LogP contribution in [0.1, 0.15) is 50.2 Å². The number of rotatable bonds is 6. The number of hydrogen-bond donors (Lipinski definition) is 3. The van der Waals surface area contributed by atoms with E-state index in [4.69, 9.17) is 4.74 Å². The number of carbonyl (C=O) groups is 2. The highest BCUT2D eigenvalue weighted by Crippen LogP contribution is 2.25. The van der Waals surface area contributed by atoms with E-state index in [-0.39, 0.29) is 23.7 Å². The van der Waals surface area contributed by atoms with E-state index in [0.717, 1.165) is 5.69 Å². The molecule has 1 amide bonds. The molecule has 1 unspecified atom stereocenters. The van der Waals surface area contributed by atoms with Crippen molar-refractivity contribution in [2.45, 2.75) is 58.1 Å². The first kappa shape index (κ1) is 21.7. The molecule has 160 valence electrons. The van der Waals surface area contributed by atoms with Crippen molar-refractivity contribution >= 4 is 23.2 Å². The van der Waals surface area contributed by atoms with Crippen LogP contribution in [-0.4, -0.2) is 44.6 Å². The van der Waals surface area contributed by atoms with E-state index in [9.17, 15) is 19.5 Å². The predicted molar refractivity (Wildman–Crippen MR) is 111 cm³/mol. The number of aromatic nitrogens is 2. The van der Waals surface area contributed by atoms with E-state index in [1.165, 1.54) is 23.8 Å². The Morgan fingerprint density at radius 1 is 1.23 bits per heavy atom. The number of nitrogens with one attached hydrogen (secondary N) is 2. The Kier molecular flexibility index (Phi) is 6.63. The summed E-state index contributed by atoms with van der Waals surface area (Å²) >= 11 is 0. The Morgan fingerprint density at radius 2 is 1.93 bits per heavy atom. The van der Waals surface area contributed by atoms with Crippen molar-refractivity contribution in [2.75, 3.05) is 10.6 Å². The number of ether oxygens (including phenoxy) is 1. The standard InChI is InChI=1S/C21H26N4O5/c1-12(13(2)26)22-16-6-4-15(5-7-16)20(28)23-18-10-11-25(21(29)24-18)19-9-8-17(27)14(3)30-19/h4-7,10-12,14,17,19,22,27H,8-9H2,1-3H3,(H,23,24,28,29)/t12?,14-,17+,19-/m1/s1. The van der Waals surface area contributed by atoms with Crippen LogP contribution in [0.5, 0.6) is 0 Å². The second-order valence-corrected chi connectivity index (χ2v) is 7.45. The summed E-state index contributed by atoms with van der Waals surface area (Å²) < 4.78 is 7.02. The third-order valence-corrected chi connectivity index (χ3v) is 5.14. The molecule has 3 N–H and O–H groups in total. The first-order valence-electron chi connectivity index (χ1n) is 9.85. The van der Waals surface area contributed by atoms with Gasteiger partial charge in [-0.15, -0.1) is 0 Å². The highest BCUT2D eigenvalue weighted by Gasteiger charge is 2.28. The molecule has 1 saturated heterocycles. The van der Waals surface area contributed by atoms with Crippen LogP contribution in [0.2, 0.25) is 0 Å². The van der Waals surface area contributed by atoms with Crippen molar-refractivity contribution in [2.24, 2.45) is 0 Å². The quantitative estimate of drug-likeness (QED) is 0.660. The molecular formula is C21H26N4O5. The fourth-order valence-corrected chi connectivity index (χ4v) is 3.12. The van der Waals surface area contributed by atoms with E-state index >= 15 is 0 Å². The Morgan fingerprint density at radius 3 is 2.53 bits per heavy atom. The van der Waals surface area contributed by atoms with Crippen molar-refractivity contribution in [3.05, 3.63) is 52.6 Å². The smallest absolute Gasteiger partial charge is 0.351 e. The third-order valence-electron chi connectivity index (χ3n) is 5.14. The van der Waals surface area contributed by atoms with E-state index in [0.29, 0.717) is 18.4 Å². The molecule has 1 aliphatic rings. The van der Waals surface area contributed by atoms with Gasteiger partial charge in [-0.25, -0.2) is 4.79 Å². The highest BCUT2D eigenvalue weighted by molar-refractivity contribution is 6.03. The lowest BCUT2D eigenvalue weighted by Crippen LogP contribution is -2.39. The van der Waals surface area contributed by atoms with Gasteiger partial charge in [-0.05, 0) is 63.9 Å². The van der Waals surface area contributed by atoms with E-state index in [1.807, 2.05) is 0 Å². The molecule has 0 bridgehead atoms. The third kappa shape index (κ3) is 5.11. The van der Waals surface area contributed by atoms with Crippen LogP contribution >= 0.6 is 0 Å². The number of carbonyl (C=O) groups excluding carboxylic acids is 2. The number of aliphatic hydroxyl groups excluding tert-OH is 1. The second kappa shape index (κ2) is 9.19. The molecule has 9 nitrogen and oxygen atoms in total. The maximum Gasteiger partial charge on any atom is 0.351 e. The van der Waals surface area contributed by atoms with E-state index in [2.05, 4.69) is 15.6 Å². The number of benzene rings is 1. The van der Waals surface area contributed by atoms with Gasteiger partial charge < -0.3 is 20.5 Å². The Bertz CT molecular complexity index is 972. The molecule has 0 spiro atoms. The maximum atomic E-state index is 12.4. The largest absolute Gasteiger partial charge is 0.390 e. The summed E-state index contributed by atoms with van der Waals surface area (Å²) in [6, 6.07) is 7.86. The fraction of sp³-hybridized carbons (Fsp3) is 0.429. The lowest BCUT2D eigenvalue weighted by molar-refractivity contribution is -0.139. The second-order valence-electron chi connectivity index (χ2n) is 7.45. The SMILES string of the molecule is CC(=O)C(C)Nc1ccc(C(=O)Nc2ccn([C@H]3CC[C@H](O)[C@@H](C)O3)c(=O)n2)cc1. The van der Waals surface area contributed by atoms with Crippen LogP contribution in [-0.2, 0) is 9.53 Å². The summed E-state index contributed by atoms with van der Waals surface area (Å²) in [5.74, 6) is -0.254. The summed E-state index contributed by atoms with van der Waals surface area (Å²) in [5.41, 5.74) is 0.571. The minimum Gasteiger partial charge on any atom is -0.390 e. The zero-order valence-electron chi connectivity index (χ0n) is 17.2. The zero-order chi connectivity index (χ0) is 21.8. The van der Waals surface area contributed by atoms with Gasteiger partial charge in [0.1, 0.15) is 12.0 Å². The van der Waals surface area contributed by atoms with Gasteiger partial charge in [-0.3, -0.25) is 14.2 Å². The number of anilines is 2. The Labute approximate surface area is 174 Å². The molecule has 1 aromatic carbocycles. The first-order valence-corrected chi connectivity index (χ1v) is 9.85. The summed E-state index contributed by atoms with van der Waals surface area (Å²) in [4.78, 5) is 40.1. The number of amides is 1. The van der Waals surface area contributed by atoms with Gasteiger partial charge in [0.25, 0.3) is 5.91 Å². The predicted octanol–water partition coefficient (Wildman–Crippen LogP) is 1.94. The molecule has 1 aliphatic heterocycles. The van der Waals surface area contributed by atoms with Crippen LogP contribution in [0, 0.1) is 0 Å². The van der Waals surface area contributed by atoms with Crippen LogP contribution in [0.15, 0.2) is 41.3 Å². The molecule has 4 atom stereocenters. The molecule has 0 aliphatic carbocycles. The number of hydrogen-bond acceptors (Lipinski definition) is 7. The molecule has 30 heavy (non-hydrogen) atoms. The highest BCUT2D eigenvalue weighted by atomic mass is 16.5. The Hall–Kier alpha value is -3.04. The monoisotopic (exact) mass is 414 g/mol. The average Bonchev–Trinajstić information content (AvgIpc) is 2.70. The topological polar surface area (TPSA) is 123 Å². The molecule has 0 radical (unpaired) electrons. The lowest BCUT2D eigenvalue weighted by atomic mass is 10.1. The van der Waals surface area contributed by atoms with Crippen LogP contribution in [0.25, 0.3) is 0 Å². The zero-order valence-corrected chi connectivity index (χ0v) is 17.2. The molecule has 1 aromatic heterocycles. The summed E-state index contributed by atoms with van der Waals surface area (Å²) in [7, 11) is 0.